The van der Waals surface area contributed by atoms with E-state index in [1.165, 1.54) is 0 Å². The predicted octanol–water partition coefficient (Wildman–Crippen LogP) is 0.969. The van der Waals surface area contributed by atoms with Gasteiger partial charge in [0.05, 0.1) is 18.8 Å². The lowest BCUT2D eigenvalue weighted by atomic mass is 10.0. The zero-order valence-corrected chi connectivity index (χ0v) is 12.2. The molecule has 1 amide bonds. The molecule has 1 heterocycles. The Balaban J connectivity index is 2.13. The molecule has 21 heavy (non-hydrogen) atoms. The maximum absolute atomic E-state index is 12.3. The molecule has 0 aliphatic carbocycles. The molecule has 108 valence electrons. The highest BCUT2D eigenvalue weighted by Gasteiger charge is 2.10. The van der Waals surface area contributed by atoms with Crippen molar-refractivity contribution in [1.82, 2.24) is 15.1 Å². The molecule has 0 radical (unpaired) electrons. The normalized spacial score (nSPS) is 9.86. The van der Waals surface area contributed by atoms with Gasteiger partial charge in [-0.2, -0.15) is 5.10 Å². The summed E-state index contributed by atoms with van der Waals surface area (Å²) in [7, 11) is 1.84. The maximum Gasteiger partial charge on any atom is 0.251 e. The van der Waals surface area contributed by atoms with Gasteiger partial charge in [0.1, 0.15) is 0 Å². The molecule has 0 atom stereocenters. The molecule has 2 aromatic rings. The van der Waals surface area contributed by atoms with Crippen LogP contribution in [0.3, 0.4) is 0 Å². The molecular weight excluding hydrogens is 264 g/mol. The second kappa shape index (κ2) is 6.73. The van der Waals surface area contributed by atoms with E-state index in [1.54, 1.807) is 16.9 Å². The monoisotopic (exact) mass is 282 g/mol. The minimum Gasteiger partial charge on any atom is -0.346 e. The lowest BCUT2D eigenvalue weighted by molar-refractivity contribution is 0.0949. The Morgan fingerprint density at radius 2 is 2.24 bits per heavy atom. The largest absolute Gasteiger partial charge is 0.346 e. The first-order valence-corrected chi connectivity index (χ1v) is 6.66. The SMILES string of the molecule is Cc1ccc(C#CCN)cc1C(=O)NCc1ccnn1C. The Bertz CT molecular complexity index is 707. The van der Waals surface area contributed by atoms with Crippen molar-refractivity contribution >= 4 is 5.91 Å². The van der Waals surface area contributed by atoms with Crippen molar-refractivity contribution in [3.8, 4) is 11.8 Å². The second-order valence-corrected chi connectivity index (χ2v) is 4.66. The van der Waals surface area contributed by atoms with Crippen LogP contribution in [-0.4, -0.2) is 22.2 Å². The molecule has 0 aliphatic rings. The molecule has 0 saturated carbocycles. The van der Waals surface area contributed by atoms with Gasteiger partial charge >= 0.3 is 0 Å². The van der Waals surface area contributed by atoms with E-state index in [4.69, 9.17) is 5.73 Å². The summed E-state index contributed by atoms with van der Waals surface area (Å²) in [6.07, 6.45) is 1.70. The van der Waals surface area contributed by atoms with Gasteiger partial charge in [-0.05, 0) is 30.7 Å². The number of amides is 1. The zero-order valence-electron chi connectivity index (χ0n) is 12.2. The van der Waals surface area contributed by atoms with Crippen molar-refractivity contribution in [2.45, 2.75) is 13.5 Å². The van der Waals surface area contributed by atoms with Gasteiger partial charge < -0.3 is 11.1 Å². The van der Waals surface area contributed by atoms with Crippen molar-refractivity contribution in [3.63, 3.8) is 0 Å². The maximum atomic E-state index is 12.3. The summed E-state index contributed by atoms with van der Waals surface area (Å²) in [4.78, 5) is 12.3. The first-order valence-electron chi connectivity index (χ1n) is 6.66. The molecule has 0 spiro atoms. The van der Waals surface area contributed by atoms with Crippen LogP contribution >= 0.6 is 0 Å². The summed E-state index contributed by atoms with van der Waals surface area (Å²) >= 11 is 0. The molecule has 1 aromatic carbocycles. The molecule has 1 aromatic heterocycles. The number of benzene rings is 1. The van der Waals surface area contributed by atoms with Crippen molar-refractivity contribution in [3.05, 3.63) is 52.8 Å². The average molecular weight is 282 g/mol. The molecule has 0 unspecified atom stereocenters. The lowest BCUT2D eigenvalue weighted by Crippen LogP contribution is -2.24. The Kier molecular flexibility index (Phi) is 4.75. The van der Waals surface area contributed by atoms with Crippen molar-refractivity contribution < 1.29 is 4.79 Å². The molecular formula is C16H18N4O. The van der Waals surface area contributed by atoms with E-state index < -0.39 is 0 Å². The van der Waals surface area contributed by atoms with E-state index in [-0.39, 0.29) is 5.91 Å². The second-order valence-electron chi connectivity index (χ2n) is 4.66. The first kappa shape index (κ1) is 14.8. The minimum absolute atomic E-state index is 0.120. The van der Waals surface area contributed by atoms with E-state index in [1.807, 2.05) is 32.2 Å². The van der Waals surface area contributed by atoms with Crippen molar-refractivity contribution in [1.29, 1.82) is 0 Å². The number of nitrogens with zero attached hydrogens (tertiary/aromatic N) is 2. The van der Waals surface area contributed by atoms with Gasteiger partial charge in [-0.1, -0.05) is 17.9 Å². The standard InChI is InChI=1S/C16H18N4O/c1-12-5-6-13(4-3-8-17)10-15(12)16(21)18-11-14-7-9-19-20(14)2/h5-7,9-10H,8,11,17H2,1-2H3,(H,18,21). The Morgan fingerprint density at radius 3 is 2.90 bits per heavy atom. The van der Waals surface area contributed by atoms with E-state index in [0.717, 1.165) is 16.8 Å². The third-order valence-electron chi connectivity index (χ3n) is 3.17. The quantitative estimate of drug-likeness (QED) is 0.824. The number of nitrogens with one attached hydrogen (secondary N) is 1. The molecule has 2 rings (SSSR count). The Hall–Kier alpha value is -2.58. The van der Waals surface area contributed by atoms with Crippen molar-refractivity contribution in [2.75, 3.05) is 6.54 Å². The molecule has 0 aliphatic heterocycles. The van der Waals surface area contributed by atoms with Crippen LogP contribution in [0.1, 0.15) is 27.2 Å². The zero-order chi connectivity index (χ0) is 15.2. The number of hydrogen-bond donors (Lipinski definition) is 2. The number of hydrogen-bond acceptors (Lipinski definition) is 3. The smallest absolute Gasteiger partial charge is 0.251 e. The summed E-state index contributed by atoms with van der Waals surface area (Å²) in [5.41, 5.74) is 8.63. The fourth-order valence-corrected chi connectivity index (χ4v) is 1.94. The van der Waals surface area contributed by atoms with Crippen LogP contribution in [0, 0.1) is 18.8 Å². The molecule has 0 bridgehead atoms. The molecule has 5 nitrogen and oxygen atoms in total. The molecule has 5 heteroatoms. The van der Waals surface area contributed by atoms with E-state index in [9.17, 15) is 4.79 Å². The van der Waals surface area contributed by atoms with Gasteiger partial charge in [-0.15, -0.1) is 0 Å². The third kappa shape index (κ3) is 3.71. The van der Waals surface area contributed by atoms with Gasteiger partial charge in [0.25, 0.3) is 5.91 Å². The highest BCUT2D eigenvalue weighted by atomic mass is 16.1. The van der Waals surface area contributed by atoms with Gasteiger partial charge in [0, 0.05) is 24.4 Å². The number of rotatable bonds is 3. The van der Waals surface area contributed by atoms with Crippen LogP contribution in [0.15, 0.2) is 30.5 Å². The molecule has 0 saturated heterocycles. The Labute approximate surface area is 124 Å². The summed E-state index contributed by atoms with van der Waals surface area (Å²) in [6.45, 7) is 2.64. The summed E-state index contributed by atoms with van der Waals surface area (Å²) in [6, 6.07) is 7.43. The highest BCUT2D eigenvalue weighted by Crippen LogP contribution is 2.11. The van der Waals surface area contributed by atoms with Gasteiger partial charge in [0.15, 0.2) is 0 Å². The summed E-state index contributed by atoms with van der Waals surface area (Å²) in [5, 5.41) is 6.96. The third-order valence-corrected chi connectivity index (χ3v) is 3.17. The Morgan fingerprint density at radius 1 is 1.43 bits per heavy atom. The topological polar surface area (TPSA) is 72.9 Å². The summed E-state index contributed by atoms with van der Waals surface area (Å²) in [5.74, 6) is 5.60. The number of nitrogens with two attached hydrogens (primary N) is 1. The van der Waals surface area contributed by atoms with Crippen LogP contribution in [0.25, 0.3) is 0 Å². The van der Waals surface area contributed by atoms with Crippen molar-refractivity contribution in [2.24, 2.45) is 12.8 Å². The number of carbonyl (C=O) groups is 1. The first-order chi connectivity index (χ1) is 10.1. The fraction of sp³-hybridized carbons (Fsp3) is 0.250. The van der Waals surface area contributed by atoms with Gasteiger partial charge in [0.2, 0.25) is 0 Å². The fourth-order valence-electron chi connectivity index (χ4n) is 1.94. The van der Waals surface area contributed by atoms with Crippen LogP contribution < -0.4 is 11.1 Å². The van der Waals surface area contributed by atoms with Crippen LogP contribution in [0.4, 0.5) is 0 Å². The van der Waals surface area contributed by atoms with Crippen LogP contribution in [-0.2, 0) is 13.6 Å². The highest BCUT2D eigenvalue weighted by molar-refractivity contribution is 5.95. The average Bonchev–Trinajstić information content (AvgIpc) is 2.89. The summed E-state index contributed by atoms with van der Waals surface area (Å²) < 4.78 is 1.73. The van der Waals surface area contributed by atoms with Crippen LogP contribution in [0.2, 0.25) is 0 Å². The minimum atomic E-state index is -0.120. The van der Waals surface area contributed by atoms with E-state index in [2.05, 4.69) is 22.3 Å². The number of aromatic nitrogens is 2. The lowest BCUT2D eigenvalue weighted by Gasteiger charge is -2.08. The van der Waals surface area contributed by atoms with Gasteiger partial charge in [-0.25, -0.2) is 0 Å². The molecule has 3 N–H and O–H groups in total. The predicted molar refractivity (Wildman–Crippen MR) is 81.5 cm³/mol. The van der Waals surface area contributed by atoms with Crippen LogP contribution in [0.5, 0.6) is 0 Å². The molecule has 0 fully saturated rings. The number of carbonyl (C=O) groups excluding carboxylic acids is 1. The van der Waals surface area contributed by atoms with E-state index in [0.29, 0.717) is 18.7 Å². The van der Waals surface area contributed by atoms with E-state index >= 15 is 0 Å². The number of aryl methyl sites for hydroxylation is 2. The van der Waals surface area contributed by atoms with Gasteiger partial charge in [-0.3, -0.25) is 9.48 Å².